The molecule has 1 N–H and O–H groups in total. The van der Waals surface area contributed by atoms with Crippen LogP contribution in [-0.2, 0) is 13.2 Å². The summed E-state index contributed by atoms with van der Waals surface area (Å²) in [4.78, 5) is 8.40. The number of benzene rings is 2. The smallest absolute Gasteiger partial charge is 0.416 e. The van der Waals surface area contributed by atoms with Crippen molar-refractivity contribution < 1.29 is 17.9 Å². The minimum atomic E-state index is -4.38. The molecular weight excluding hydrogens is 395 g/mol. The summed E-state index contributed by atoms with van der Waals surface area (Å²) in [5.41, 5.74) is 1.46. The van der Waals surface area contributed by atoms with Crippen LogP contribution in [0.15, 0.2) is 60.8 Å². The third-order valence-corrected chi connectivity index (χ3v) is 4.40. The van der Waals surface area contributed by atoms with Gasteiger partial charge in [-0.05, 0) is 42.5 Å². The van der Waals surface area contributed by atoms with Gasteiger partial charge in [-0.3, -0.25) is 0 Å². The molecule has 0 atom stereocenters. The van der Waals surface area contributed by atoms with Gasteiger partial charge in [0.1, 0.15) is 23.3 Å². The van der Waals surface area contributed by atoms with Crippen molar-refractivity contribution in [3.05, 3.63) is 72.1 Å². The topological polar surface area (TPSA) is 75.8 Å². The van der Waals surface area contributed by atoms with Gasteiger partial charge in [-0.15, -0.1) is 0 Å². The molecule has 0 fully saturated rings. The number of alkyl halides is 3. The summed E-state index contributed by atoms with van der Waals surface area (Å²) < 4.78 is 45.7. The van der Waals surface area contributed by atoms with Gasteiger partial charge in [0.05, 0.1) is 16.6 Å². The van der Waals surface area contributed by atoms with E-state index < -0.39 is 11.7 Å². The fraction of sp³-hybridized carbons (Fsp3) is 0.0952. The number of nitrogens with one attached hydrogen (secondary N) is 1. The lowest BCUT2D eigenvalue weighted by Crippen LogP contribution is -2.05. The van der Waals surface area contributed by atoms with Crippen LogP contribution in [0.2, 0.25) is 0 Å². The molecular formula is C21H14F3N5O. The summed E-state index contributed by atoms with van der Waals surface area (Å²) in [6, 6.07) is 15.2. The van der Waals surface area contributed by atoms with Gasteiger partial charge in [-0.1, -0.05) is 0 Å². The number of rotatable bonds is 4. The molecule has 6 nitrogen and oxygen atoms in total. The number of fused-ring (bicyclic) bond motifs is 1. The van der Waals surface area contributed by atoms with Crippen LogP contribution in [-0.4, -0.2) is 14.5 Å². The normalized spacial score (nSPS) is 11.3. The highest BCUT2D eigenvalue weighted by atomic mass is 19.4. The summed E-state index contributed by atoms with van der Waals surface area (Å²) in [5.74, 6) is 1.47. The Balaban J connectivity index is 1.58. The zero-order valence-corrected chi connectivity index (χ0v) is 15.6. The summed E-state index contributed by atoms with van der Waals surface area (Å²) in [7, 11) is 1.80. The molecule has 2 aromatic heterocycles. The molecule has 4 aromatic rings. The Labute approximate surface area is 169 Å². The lowest BCUT2D eigenvalue weighted by molar-refractivity contribution is -0.137. The number of aromatic nitrogens is 3. The fourth-order valence-corrected chi connectivity index (χ4v) is 2.90. The summed E-state index contributed by atoms with van der Waals surface area (Å²) in [5, 5.41) is 12.0. The molecule has 0 saturated heterocycles. The van der Waals surface area contributed by atoms with Gasteiger partial charge in [0, 0.05) is 31.1 Å². The number of imidazole rings is 1. The number of nitrogens with zero attached hydrogens (tertiary/aromatic N) is 4. The van der Waals surface area contributed by atoms with Crippen LogP contribution in [0, 0.1) is 11.3 Å². The van der Waals surface area contributed by atoms with Gasteiger partial charge in [-0.2, -0.15) is 18.4 Å². The molecule has 4 rings (SSSR count). The van der Waals surface area contributed by atoms with Crippen LogP contribution in [0.5, 0.6) is 11.5 Å². The maximum atomic E-state index is 12.7. The number of aryl methyl sites for hydroxylation is 1. The predicted molar refractivity (Wildman–Crippen MR) is 104 cm³/mol. The molecule has 30 heavy (non-hydrogen) atoms. The first kappa shape index (κ1) is 19.3. The molecule has 0 saturated carbocycles. The molecule has 0 spiro atoms. The fourth-order valence-electron chi connectivity index (χ4n) is 2.90. The minimum Gasteiger partial charge on any atom is -0.457 e. The number of hydrogen-bond donors (Lipinski definition) is 1. The van der Waals surface area contributed by atoms with Gasteiger partial charge < -0.3 is 14.6 Å². The largest absolute Gasteiger partial charge is 0.457 e. The predicted octanol–water partition coefficient (Wildman–Crippen LogP) is 5.39. The van der Waals surface area contributed by atoms with E-state index in [0.29, 0.717) is 28.7 Å². The first-order valence-corrected chi connectivity index (χ1v) is 8.78. The third kappa shape index (κ3) is 3.89. The van der Waals surface area contributed by atoms with Crippen LogP contribution in [0.3, 0.4) is 0 Å². The molecule has 0 aliphatic heterocycles. The quantitative estimate of drug-likeness (QED) is 0.489. The first-order chi connectivity index (χ1) is 14.3. The Morgan fingerprint density at radius 3 is 2.47 bits per heavy atom. The van der Waals surface area contributed by atoms with E-state index in [2.05, 4.69) is 15.3 Å². The molecule has 0 unspecified atom stereocenters. The second-order valence-corrected chi connectivity index (χ2v) is 6.44. The number of hydrogen-bond acceptors (Lipinski definition) is 5. The van der Waals surface area contributed by atoms with Crippen molar-refractivity contribution in [2.24, 2.45) is 7.05 Å². The summed E-state index contributed by atoms with van der Waals surface area (Å²) >= 11 is 0. The molecule has 0 aliphatic carbocycles. The van der Waals surface area contributed by atoms with E-state index in [0.717, 1.165) is 17.6 Å². The van der Waals surface area contributed by atoms with Gasteiger partial charge in [0.2, 0.25) is 5.95 Å². The zero-order valence-electron chi connectivity index (χ0n) is 15.6. The standard InChI is InChI=1S/C21H14F3N5O/c1-29-19-7-6-16(30-17-8-9-26-15(10-17)12-25)11-18(19)28-20(29)27-14-4-2-13(3-5-14)21(22,23)24/h2-11H,1H3,(H,27,28). The van der Waals surface area contributed by atoms with Crippen LogP contribution >= 0.6 is 0 Å². The monoisotopic (exact) mass is 409 g/mol. The zero-order chi connectivity index (χ0) is 21.3. The Bertz CT molecular complexity index is 1260. The van der Waals surface area contributed by atoms with Gasteiger partial charge in [0.25, 0.3) is 0 Å². The maximum absolute atomic E-state index is 12.7. The van der Waals surface area contributed by atoms with Crippen molar-refractivity contribution in [2.45, 2.75) is 6.18 Å². The summed E-state index contributed by atoms with van der Waals surface area (Å²) in [6.07, 6.45) is -2.89. The van der Waals surface area contributed by atoms with Gasteiger partial charge in [-0.25, -0.2) is 9.97 Å². The number of nitriles is 1. The molecule has 0 aliphatic rings. The number of halogens is 3. The van der Waals surface area contributed by atoms with Crippen molar-refractivity contribution in [3.63, 3.8) is 0 Å². The maximum Gasteiger partial charge on any atom is 0.416 e. The first-order valence-electron chi connectivity index (χ1n) is 8.78. The Morgan fingerprint density at radius 1 is 1.03 bits per heavy atom. The Morgan fingerprint density at radius 2 is 1.77 bits per heavy atom. The van der Waals surface area contributed by atoms with Gasteiger partial charge >= 0.3 is 6.18 Å². The average molecular weight is 409 g/mol. The van der Waals surface area contributed by atoms with Crippen LogP contribution in [0.25, 0.3) is 11.0 Å². The highest BCUT2D eigenvalue weighted by Gasteiger charge is 2.30. The number of ether oxygens (including phenoxy) is 1. The third-order valence-electron chi connectivity index (χ3n) is 4.40. The summed E-state index contributed by atoms with van der Waals surface area (Å²) in [6.45, 7) is 0. The number of anilines is 2. The highest BCUT2D eigenvalue weighted by Crippen LogP contribution is 2.31. The Hall–Kier alpha value is -4.06. The SMILES string of the molecule is Cn1c(Nc2ccc(C(F)(F)F)cc2)nc2cc(Oc3ccnc(C#N)c3)ccc21. The van der Waals surface area contributed by atoms with Crippen LogP contribution in [0.4, 0.5) is 24.8 Å². The van der Waals surface area contributed by atoms with E-state index in [1.807, 2.05) is 12.1 Å². The lowest BCUT2D eigenvalue weighted by Gasteiger charge is -2.09. The molecule has 0 amide bonds. The average Bonchev–Trinajstić information content (AvgIpc) is 3.02. The van der Waals surface area contributed by atoms with Crippen LogP contribution < -0.4 is 10.1 Å². The van der Waals surface area contributed by atoms with Crippen molar-refractivity contribution in [2.75, 3.05) is 5.32 Å². The molecule has 0 bridgehead atoms. The molecule has 2 heterocycles. The van der Waals surface area contributed by atoms with Crippen molar-refractivity contribution in [3.8, 4) is 17.6 Å². The second kappa shape index (κ2) is 7.40. The molecule has 9 heteroatoms. The van der Waals surface area contributed by atoms with E-state index >= 15 is 0 Å². The highest BCUT2D eigenvalue weighted by molar-refractivity contribution is 5.81. The van der Waals surface area contributed by atoms with E-state index in [-0.39, 0.29) is 5.69 Å². The van der Waals surface area contributed by atoms with Gasteiger partial charge in [0.15, 0.2) is 0 Å². The van der Waals surface area contributed by atoms with E-state index in [1.54, 1.807) is 29.8 Å². The van der Waals surface area contributed by atoms with E-state index in [1.165, 1.54) is 24.4 Å². The molecule has 0 radical (unpaired) electrons. The second-order valence-electron chi connectivity index (χ2n) is 6.44. The molecule has 2 aromatic carbocycles. The van der Waals surface area contributed by atoms with Crippen molar-refractivity contribution in [1.29, 1.82) is 5.26 Å². The lowest BCUT2D eigenvalue weighted by atomic mass is 10.2. The van der Waals surface area contributed by atoms with E-state index in [4.69, 9.17) is 10.00 Å². The van der Waals surface area contributed by atoms with Crippen molar-refractivity contribution >= 4 is 22.7 Å². The van der Waals surface area contributed by atoms with Crippen molar-refractivity contribution in [1.82, 2.24) is 14.5 Å². The Kier molecular flexibility index (Phi) is 4.75. The number of pyridine rings is 1. The van der Waals surface area contributed by atoms with E-state index in [9.17, 15) is 13.2 Å². The molecule has 150 valence electrons. The van der Waals surface area contributed by atoms with Crippen LogP contribution in [0.1, 0.15) is 11.3 Å². The minimum absolute atomic E-state index is 0.245.